The summed E-state index contributed by atoms with van der Waals surface area (Å²) in [6.07, 6.45) is 3.75. The van der Waals surface area contributed by atoms with Crippen molar-refractivity contribution in [3.05, 3.63) is 71.8 Å². The van der Waals surface area contributed by atoms with E-state index in [0.717, 1.165) is 16.8 Å². The molecular formula is C21H22N2O2. The lowest BCUT2D eigenvalue weighted by atomic mass is 10.1. The molecule has 2 aromatic carbocycles. The molecule has 25 heavy (non-hydrogen) atoms. The van der Waals surface area contributed by atoms with E-state index in [4.69, 9.17) is 10.5 Å². The Hall–Kier alpha value is -3.03. The minimum Gasteiger partial charge on any atom is -0.467 e. The van der Waals surface area contributed by atoms with Crippen LogP contribution in [-0.2, 0) is 9.53 Å². The van der Waals surface area contributed by atoms with Gasteiger partial charge >= 0.3 is 5.97 Å². The molecule has 4 nitrogen and oxygen atoms in total. The normalized spacial score (nSPS) is 12.8. The number of nitrogens with one attached hydrogen (secondary N) is 1. The van der Waals surface area contributed by atoms with Gasteiger partial charge in [-0.25, -0.2) is 4.79 Å². The molecule has 0 aliphatic rings. The van der Waals surface area contributed by atoms with Gasteiger partial charge in [0.05, 0.1) is 7.11 Å². The molecule has 4 heteroatoms. The molecule has 2 atom stereocenters. The zero-order valence-corrected chi connectivity index (χ0v) is 14.4. The quantitative estimate of drug-likeness (QED) is 0.651. The molecule has 0 aromatic heterocycles. The van der Waals surface area contributed by atoms with Gasteiger partial charge in [-0.2, -0.15) is 0 Å². The number of carbonyl (C=O) groups excluding carboxylic acids is 1. The second kappa shape index (κ2) is 9.31. The third kappa shape index (κ3) is 5.83. The zero-order chi connectivity index (χ0) is 18.1. The van der Waals surface area contributed by atoms with Crippen LogP contribution in [0.4, 0.5) is 5.69 Å². The highest BCUT2D eigenvalue weighted by atomic mass is 16.5. The van der Waals surface area contributed by atoms with Crippen LogP contribution in [0.2, 0.25) is 0 Å². The van der Waals surface area contributed by atoms with Crippen LogP contribution in [0.15, 0.2) is 60.7 Å². The maximum atomic E-state index is 11.7. The summed E-state index contributed by atoms with van der Waals surface area (Å²) in [6, 6.07) is 16.6. The monoisotopic (exact) mass is 334 g/mol. The van der Waals surface area contributed by atoms with Gasteiger partial charge in [-0.1, -0.05) is 42.2 Å². The summed E-state index contributed by atoms with van der Waals surface area (Å²) in [4.78, 5) is 11.7. The Morgan fingerprint density at radius 2 is 1.84 bits per heavy atom. The third-order valence-corrected chi connectivity index (χ3v) is 3.56. The molecule has 0 radical (unpaired) electrons. The minimum atomic E-state index is -0.580. The summed E-state index contributed by atoms with van der Waals surface area (Å²) in [5, 5.41) is 3.09. The summed E-state index contributed by atoms with van der Waals surface area (Å²) in [5.41, 5.74) is 8.64. The van der Waals surface area contributed by atoms with Crippen molar-refractivity contribution in [2.75, 3.05) is 12.4 Å². The van der Waals surface area contributed by atoms with Crippen molar-refractivity contribution >= 4 is 17.7 Å². The standard InChI is InChI=1S/C21H22N2O2/c1-16(22)20(21(24)25-2)23-19-14-12-18(13-15-19)11-7-6-10-17-8-4-3-5-9-17/h3-5,7-9,11-16,20,23H,22H2,1-2H3/t16-,20+/m1/s1. The molecule has 0 amide bonds. The van der Waals surface area contributed by atoms with Crippen LogP contribution in [0.1, 0.15) is 18.1 Å². The number of methoxy groups -OCH3 is 1. The lowest BCUT2D eigenvalue weighted by molar-refractivity contribution is -0.141. The highest BCUT2D eigenvalue weighted by Gasteiger charge is 2.22. The Kier molecular flexibility index (Phi) is 6.82. The molecule has 0 fully saturated rings. The van der Waals surface area contributed by atoms with Gasteiger partial charge in [-0.3, -0.25) is 0 Å². The van der Waals surface area contributed by atoms with E-state index < -0.39 is 6.04 Å². The van der Waals surface area contributed by atoms with Crippen molar-refractivity contribution in [1.82, 2.24) is 0 Å². The van der Waals surface area contributed by atoms with Gasteiger partial charge < -0.3 is 15.8 Å². The van der Waals surface area contributed by atoms with E-state index in [2.05, 4.69) is 17.2 Å². The van der Waals surface area contributed by atoms with Crippen LogP contribution in [0.3, 0.4) is 0 Å². The van der Waals surface area contributed by atoms with Gasteiger partial charge in [0.25, 0.3) is 0 Å². The van der Waals surface area contributed by atoms with E-state index in [0.29, 0.717) is 0 Å². The number of carbonyl (C=O) groups is 1. The van der Waals surface area contributed by atoms with Crippen molar-refractivity contribution in [1.29, 1.82) is 0 Å². The molecule has 0 aliphatic carbocycles. The molecule has 0 saturated heterocycles. The first-order valence-corrected chi connectivity index (χ1v) is 8.03. The summed E-state index contributed by atoms with van der Waals surface area (Å²) in [5.74, 6) is 5.70. The van der Waals surface area contributed by atoms with Crippen LogP contribution >= 0.6 is 0 Å². The van der Waals surface area contributed by atoms with Crippen molar-refractivity contribution in [2.24, 2.45) is 5.73 Å². The maximum Gasteiger partial charge on any atom is 0.329 e. The Balaban J connectivity index is 1.99. The van der Waals surface area contributed by atoms with Gasteiger partial charge in [-0.15, -0.1) is 0 Å². The first-order chi connectivity index (χ1) is 12.1. The molecule has 2 rings (SSSR count). The second-order valence-electron chi connectivity index (χ2n) is 5.59. The average Bonchev–Trinajstić information content (AvgIpc) is 2.64. The molecule has 0 heterocycles. The van der Waals surface area contributed by atoms with Crippen molar-refractivity contribution in [3.8, 4) is 11.8 Å². The van der Waals surface area contributed by atoms with Crippen LogP contribution in [0, 0.1) is 11.8 Å². The smallest absolute Gasteiger partial charge is 0.329 e. The zero-order valence-electron chi connectivity index (χ0n) is 14.4. The number of esters is 1. The Bertz CT molecular complexity index is 769. The summed E-state index contributed by atoms with van der Waals surface area (Å²) in [7, 11) is 1.35. The largest absolute Gasteiger partial charge is 0.467 e. The molecule has 128 valence electrons. The number of benzene rings is 2. The van der Waals surface area contributed by atoms with Gasteiger partial charge in [0.1, 0.15) is 6.04 Å². The average molecular weight is 334 g/mol. The van der Waals surface area contributed by atoms with Gasteiger partial charge in [0, 0.05) is 17.3 Å². The molecule has 0 aliphatic heterocycles. The Morgan fingerprint density at radius 1 is 1.16 bits per heavy atom. The van der Waals surface area contributed by atoms with Crippen LogP contribution in [0.5, 0.6) is 0 Å². The predicted molar refractivity (Wildman–Crippen MR) is 102 cm³/mol. The van der Waals surface area contributed by atoms with E-state index in [1.807, 2.05) is 66.7 Å². The summed E-state index contributed by atoms with van der Waals surface area (Å²) >= 11 is 0. The molecule has 0 saturated carbocycles. The molecule has 0 bridgehead atoms. The van der Waals surface area contributed by atoms with Crippen LogP contribution in [0.25, 0.3) is 6.08 Å². The number of ether oxygens (including phenoxy) is 1. The van der Waals surface area contributed by atoms with Gasteiger partial charge in [-0.05, 0) is 48.9 Å². The van der Waals surface area contributed by atoms with E-state index in [9.17, 15) is 4.79 Å². The Morgan fingerprint density at radius 3 is 2.44 bits per heavy atom. The SMILES string of the molecule is COC(=O)[C@@H](Nc1ccc(C=CC#Cc2ccccc2)cc1)[C@@H](C)N. The first-order valence-electron chi connectivity index (χ1n) is 8.03. The maximum absolute atomic E-state index is 11.7. The molecule has 2 aromatic rings. The van der Waals surface area contributed by atoms with Crippen LogP contribution in [-0.4, -0.2) is 25.2 Å². The first kappa shape index (κ1) is 18.3. The molecular weight excluding hydrogens is 312 g/mol. The predicted octanol–water partition coefficient (Wildman–Crippen LogP) is 3.05. The fraction of sp³-hybridized carbons (Fsp3) is 0.190. The van der Waals surface area contributed by atoms with Gasteiger partial charge in [0.2, 0.25) is 0 Å². The second-order valence-corrected chi connectivity index (χ2v) is 5.59. The van der Waals surface area contributed by atoms with E-state index in [-0.39, 0.29) is 12.0 Å². The van der Waals surface area contributed by atoms with Crippen molar-refractivity contribution in [3.63, 3.8) is 0 Å². The lowest BCUT2D eigenvalue weighted by Gasteiger charge is -2.20. The fourth-order valence-electron chi connectivity index (χ4n) is 2.19. The summed E-state index contributed by atoms with van der Waals surface area (Å²) in [6.45, 7) is 1.76. The number of hydrogen-bond donors (Lipinski definition) is 2. The highest BCUT2D eigenvalue weighted by Crippen LogP contribution is 2.13. The van der Waals surface area contributed by atoms with E-state index in [1.54, 1.807) is 6.92 Å². The van der Waals surface area contributed by atoms with Crippen molar-refractivity contribution < 1.29 is 9.53 Å². The molecule has 0 unspecified atom stereocenters. The number of hydrogen-bond acceptors (Lipinski definition) is 4. The van der Waals surface area contributed by atoms with E-state index >= 15 is 0 Å². The Labute approximate surface area is 148 Å². The minimum absolute atomic E-state index is 0.361. The third-order valence-electron chi connectivity index (χ3n) is 3.56. The molecule has 0 spiro atoms. The van der Waals surface area contributed by atoms with Crippen molar-refractivity contribution in [2.45, 2.75) is 19.0 Å². The van der Waals surface area contributed by atoms with Crippen LogP contribution < -0.4 is 11.1 Å². The fourth-order valence-corrected chi connectivity index (χ4v) is 2.19. The number of allylic oxidation sites excluding steroid dienone is 1. The highest BCUT2D eigenvalue weighted by molar-refractivity contribution is 5.80. The van der Waals surface area contributed by atoms with E-state index in [1.165, 1.54) is 7.11 Å². The molecule has 3 N–H and O–H groups in total. The lowest BCUT2D eigenvalue weighted by Crippen LogP contribution is -2.44. The number of nitrogens with two attached hydrogens (primary N) is 1. The topological polar surface area (TPSA) is 64.3 Å². The summed E-state index contributed by atoms with van der Waals surface area (Å²) < 4.78 is 4.76. The number of anilines is 1. The number of rotatable bonds is 5. The van der Waals surface area contributed by atoms with Gasteiger partial charge in [0.15, 0.2) is 0 Å².